The second kappa shape index (κ2) is 9.76. The summed E-state index contributed by atoms with van der Waals surface area (Å²) in [5.41, 5.74) is 1.46. The molecule has 8 nitrogen and oxygen atoms in total. The maximum Gasteiger partial charge on any atom is 0.314 e. The first-order chi connectivity index (χ1) is 17.1. The van der Waals surface area contributed by atoms with Crippen molar-refractivity contribution in [1.82, 2.24) is 30.5 Å². The largest absolute Gasteiger partial charge is 0.481 e. The number of tetrazole rings is 1. The van der Waals surface area contributed by atoms with Crippen molar-refractivity contribution in [3.05, 3.63) is 108 Å². The van der Waals surface area contributed by atoms with Gasteiger partial charge in [-0.05, 0) is 61.7 Å². The fraction of sp³-hybridized carbons (Fsp3) is 0.296. The van der Waals surface area contributed by atoms with Crippen molar-refractivity contribution in [1.29, 1.82) is 0 Å². The Hall–Kier alpha value is -3.91. The summed E-state index contributed by atoms with van der Waals surface area (Å²) in [5, 5.41) is 25.5. The van der Waals surface area contributed by atoms with Gasteiger partial charge in [0.15, 0.2) is 5.82 Å². The number of carboxylic acid groups (broad SMARTS) is 1. The molecule has 2 aromatic carbocycles. The van der Waals surface area contributed by atoms with Gasteiger partial charge in [-0.3, -0.25) is 9.78 Å². The molecule has 2 N–H and O–H groups in total. The summed E-state index contributed by atoms with van der Waals surface area (Å²) >= 11 is 0. The Bertz CT molecular complexity index is 1190. The molecule has 0 radical (unpaired) electrons. The Kier molecular flexibility index (Phi) is 6.37. The Labute approximate surface area is 204 Å². The number of carbonyl (C=O) groups is 1. The Balaban J connectivity index is 1.43. The number of benzene rings is 2. The van der Waals surface area contributed by atoms with Gasteiger partial charge < -0.3 is 10.0 Å². The molecular weight excluding hydrogens is 440 g/mol. The highest BCUT2D eigenvalue weighted by atomic mass is 16.4. The average Bonchev–Trinajstić information content (AvgIpc) is 3.47. The molecule has 1 saturated heterocycles. The predicted octanol–water partition coefficient (Wildman–Crippen LogP) is 3.44. The summed E-state index contributed by atoms with van der Waals surface area (Å²) < 4.78 is 0. The van der Waals surface area contributed by atoms with Crippen LogP contribution in [0.4, 0.5) is 0 Å². The molecule has 0 bridgehead atoms. The number of piperidine rings is 1. The molecule has 3 heterocycles. The van der Waals surface area contributed by atoms with Crippen LogP contribution in [0.15, 0.2) is 85.2 Å². The second-order valence-corrected chi connectivity index (χ2v) is 9.09. The summed E-state index contributed by atoms with van der Waals surface area (Å²) in [6.45, 7) is 2.15. The van der Waals surface area contributed by atoms with E-state index in [2.05, 4.69) is 48.7 Å². The fourth-order valence-corrected chi connectivity index (χ4v) is 5.37. The number of likely N-dealkylation sites (tertiary alicyclic amines) is 1. The molecule has 8 heteroatoms. The molecule has 1 fully saturated rings. The van der Waals surface area contributed by atoms with E-state index < -0.39 is 16.8 Å². The molecule has 1 aliphatic rings. The number of nitrogens with zero attached hydrogens (tertiary/aromatic N) is 5. The maximum atomic E-state index is 12.4. The molecule has 1 atom stereocenters. The molecule has 0 aliphatic carbocycles. The van der Waals surface area contributed by atoms with Crippen LogP contribution in [0, 0.1) is 0 Å². The van der Waals surface area contributed by atoms with Crippen molar-refractivity contribution in [3.63, 3.8) is 0 Å². The summed E-state index contributed by atoms with van der Waals surface area (Å²) in [6.07, 6.45) is 5.47. The van der Waals surface area contributed by atoms with E-state index in [1.54, 1.807) is 6.20 Å². The summed E-state index contributed by atoms with van der Waals surface area (Å²) in [4.78, 5) is 19.1. The van der Waals surface area contributed by atoms with Gasteiger partial charge in [0.05, 0.1) is 10.8 Å². The Morgan fingerprint density at radius 2 is 1.66 bits per heavy atom. The van der Waals surface area contributed by atoms with Crippen molar-refractivity contribution < 1.29 is 9.90 Å². The van der Waals surface area contributed by atoms with Crippen LogP contribution >= 0.6 is 0 Å². The van der Waals surface area contributed by atoms with Gasteiger partial charge in [0, 0.05) is 12.4 Å². The first kappa shape index (κ1) is 22.9. The minimum absolute atomic E-state index is 0.569. The molecule has 35 heavy (non-hydrogen) atoms. The standard InChI is InChI=1S/C27H28N6O2/c34-25(35)26(21-8-3-1-4-9-21)13-17-33(18-14-26)19-15-27(24-29-31-32-30-24,22-10-5-2-6-11-22)23-12-7-16-28-20-23/h1-12,16,20H,13-15,17-19H2,(H,34,35)(H,29,30,31,32). The van der Waals surface area contributed by atoms with Crippen LogP contribution in [-0.4, -0.2) is 61.2 Å². The first-order valence-electron chi connectivity index (χ1n) is 11.9. The maximum absolute atomic E-state index is 12.4. The molecular formula is C27H28N6O2. The molecule has 0 amide bonds. The fourth-order valence-electron chi connectivity index (χ4n) is 5.37. The zero-order valence-corrected chi connectivity index (χ0v) is 19.4. The number of aliphatic carboxylic acids is 1. The molecule has 1 aliphatic heterocycles. The van der Waals surface area contributed by atoms with Gasteiger partial charge in [-0.15, -0.1) is 10.2 Å². The number of carboxylic acids is 1. The number of hydrogen-bond donors (Lipinski definition) is 2. The molecule has 5 rings (SSSR count). The number of nitrogens with one attached hydrogen (secondary N) is 1. The number of rotatable bonds is 8. The third-order valence-electron chi connectivity index (χ3n) is 7.40. The van der Waals surface area contributed by atoms with Crippen LogP contribution in [0.2, 0.25) is 0 Å². The van der Waals surface area contributed by atoms with Crippen LogP contribution in [0.5, 0.6) is 0 Å². The van der Waals surface area contributed by atoms with E-state index in [9.17, 15) is 9.90 Å². The number of pyridine rings is 1. The van der Waals surface area contributed by atoms with Gasteiger partial charge in [-0.2, -0.15) is 5.21 Å². The molecule has 0 saturated carbocycles. The number of aromatic nitrogens is 5. The van der Waals surface area contributed by atoms with E-state index in [-0.39, 0.29) is 0 Å². The lowest BCUT2D eigenvalue weighted by atomic mass is 9.70. The van der Waals surface area contributed by atoms with E-state index in [1.165, 1.54) is 0 Å². The summed E-state index contributed by atoms with van der Waals surface area (Å²) in [5.74, 6) is -0.151. The number of hydrogen-bond acceptors (Lipinski definition) is 6. The third kappa shape index (κ3) is 4.21. The van der Waals surface area contributed by atoms with Gasteiger partial charge in [0.2, 0.25) is 0 Å². The Morgan fingerprint density at radius 3 is 2.26 bits per heavy atom. The van der Waals surface area contributed by atoms with Crippen LogP contribution in [-0.2, 0) is 15.6 Å². The van der Waals surface area contributed by atoms with Gasteiger partial charge in [0.1, 0.15) is 0 Å². The lowest BCUT2D eigenvalue weighted by Crippen LogP contribution is -2.48. The third-order valence-corrected chi connectivity index (χ3v) is 7.40. The normalized spacial score (nSPS) is 17.5. The highest BCUT2D eigenvalue weighted by Gasteiger charge is 2.45. The Morgan fingerprint density at radius 1 is 0.971 bits per heavy atom. The van der Waals surface area contributed by atoms with Gasteiger partial charge in [-0.1, -0.05) is 71.9 Å². The molecule has 4 aromatic rings. The van der Waals surface area contributed by atoms with Crippen molar-refractivity contribution in [2.45, 2.75) is 30.1 Å². The van der Waals surface area contributed by atoms with Crippen LogP contribution < -0.4 is 0 Å². The van der Waals surface area contributed by atoms with E-state index in [4.69, 9.17) is 0 Å². The SMILES string of the molecule is O=C(O)C1(c2ccccc2)CCN(CCC(c2ccccc2)(c2cccnc2)c2nn[nH]n2)CC1. The van der Waals surface area contributed by atoms with E-state index >= 15 is 0 Å². The van der Waals surface area contributed by atoms with E-state index in [0.717, 1.165) is 23.2 Å². The quantitative estimate of drug-likeness (QED) is 0.408. The minimum atomic E-state index is -0.842. The zero-order chi connectivity index (χ0) is 24.1. The average molecular weight is 469 g/mol. The molecule has 178 valence electrons. The number of H-pyrrole nitrogens is 1. The first-order valence-corrected chi connectivity index (χ1v) is 11.9. The van der Waals surface area contributed by atoms with Crippen molar-refractivity contribution in [3.8, 4) is 0 Å². The van der Waals surface area contributed by atoms with Crippen molar-refractivity contribution >= 4 is 5.97 Å². The smallest absolute Gasteiger partial charge is 0.314 e. The second-order valence-electron chi connectivity index (χ2n) is 9.09. The van der Waals surface area contributed by atoms with Gasteiger partial charge in [0.25, 0.3) is 0 Å². The minimum Gasteiger partial charge on any atom is -0.481 e. The molecule has 1 unspecified atom stereocenters. The highest BCUT2D eigenvalue weighted by molar-refractivity contribution is 5.81. The number of aromatic amines is 1. The topological polar surface area (TPSA) is 108 Å². The highest BCUT2D eigenvalue weighted by Crippen LogP contribution is 2.41. The zero-order valence-electron chi connectivity index (χ0n) is 19.4. The predicted molar refractivity (Wildman–Crippen MR) is 131 cm³/mol. The van der Waals surface area contributed by atoms with E-state index in [1.807, 2.05) is 60.8 Å². The van der Waals surface area contributed by atoms with Crippen molar-refractivity contribution in [2.75, 3.05) is 19.6 Å². The van der Waals surface area contributed by atoms with Crippen molar-refractivity contribution in [2.24, 2.45) is 0 Å². The van der Waals surface area contributed by atoms with Gasteiger partial charge >= 0.3 is 5.97 Å². The van der Waals surface area contributed by atoms with Crippen LogP contribution in [0.3, 0.4) is 0 Å². The lowest BCUT2D eigenvalue weighted by Gasteiger charge is -2.41. The van der Waals surface area contributed by atoms with Crippen LogP contribution in [0.25, 0.3) is 0 Å². The summed E-state index contributed by atoms with van der Waals surface area (Å²) in [7, 11) is 0. The summed E-state index contributed by atoms with van der Waals surface area (Å²) in [6, 6.07) is 23.8. The molecule has 2 aromatic heterocycles. The van der Waals surface area contributed by atoms with Gasteiger partial charge in [-0.25, -0.2) is 0 Å². The van der Waals surface area contributed by atoms with Crippen LogP contribution in [0.1, 0.15) is 41.8 Å². The monoisotopic (exact) mass is 468 g/mol. The van der Waals surface area contributed by atoms with E-state index in [0.29, 0.717) is 38.2 Å². The molecule has 0 spiro atoms. The lowest BCUT2D eigenvalue weighted by molar-refractivity contribution is -0.146.